The van der Waals surface area contributed by atoms with Crippen LogP contribution in [0, 0.1) is 11.8 Å². The molecule has 2 aliphatic rings. The molecule has 0 spiro atoms. The van der Waals surface area contributed by atoms with Crippen LogP contribution < -0.4 is 11.1 Å². The summed E-state index contributed by atoms with van der Waals surface area (Å²) >= 11 is 1.46. The van der Waals surface area contributed by atoms with E-state index >= 15 is 0 Å². The molecule has 0 aliphatic heterocycles. The summed E-state index contributed by atoms with van der Waals surface area (Å²) in [5.74, 6) is 0.843. The lowest BCUT2D eigenvalue weighted by Gasteiger charge is -2.43. The zero-order valence-electron chi connectivity index (χ0n) is 13.9. The van der Waals surface area contributed by atoms with E-state index in [9.17, 15) is 4.79 Å². The third kappa shape index (κ3) is 3.17. The molecule has 1 heterocycles. The van der Waals surface area contributed by atoms with Crippen molar-refractivity contribution in [1.29, 1.82) is 0 Å². The van der Waals surface area contributed by atoms with E-state index < -0.39 is 5.60 Å². The number of primary amides is 1. The molecule has 2 aliphatic carbocycles. The van der Waals surface area contributed by atoms with Crippen molar-refractivity contribution >= 4 is 17.2 Å². The van der Waals surface area contributed by atoms with Gasteiger partial charge in [-0.05, 0) is 67.8 Å². The Hall–Kier alpha value is -1.33. The largest absolute Gasteiger partial charge is 0.391 e. The van der Waals surface area contributed by atoms with Crippen LogP contribution in [0.1, 0.15) is 53.6 Å². The van der Waals surface area contributed by atoms with Gasteiger partial charge in [-0.3, -0.25) is 4.79 Å². The summed E-state index contributed by atoms with van der Waals surface area (Å²) in [6, 6.07) is 3.82. The van der Waals surface area contributed by atoms with Crippen molar-refractivity contribution < 1.29 is 9.53 Å². The molecule has 2 fully saturated rings. The lowest BCUT2D eigenvalue weighted by molar-refractivity contribution is -0.0405. The standard InChI is InChI=1S/C18H26N2O2S/c1-12-4-3-5-14(11-20-10-13-6-7-13)18(12,22-2)16-9-8-15(23-16)17(19)21/h8-9,11-13,20H,3-7,10H2,1-2H3,(H2,19,21)/b14-11+. The number of thiophene rings is 1. The quantitative estimate of drug-likeness (QED) is 0.838. The molecule has 1 aromatic heterocycles. The van der Waals surface area contributed by atoms with Gasteiger partial charge in [-0.1, -0.05) is 6.92 Å². The number of carbonyl (C=O) groups is 1. The summed E-state index contributed by atoms with van der Waals surface area (Å²) in [5.41, 5.74) is 6.29. The van der Waals surface area contributed by atoms with Gasteiger partial charge >= 0.3 is 0 Å². The highest BCUT2D eigenvalue weighted by Gasteiger charge is 2.45. The van der Waals surface area contributed by atoms with Crippen LogP contribution in [0.3, 0.4) is 0 Å². The van der Waals surface area contributed by atoms with Crippen LogP contribution in [0.5, 0.6) is 0 Å². The first-order valence-corrected chi connectivity index (χ1v) is 9.27. The lowest BCUT2D eigenvalue weighted by atomic mass is 9.72. The number of rotatable bonds is 6. The third-order valence-corrected chi connectivity index (χ3v) is 6.39. The van der Waals surface area contributed by atoms with Crippen LogP contribution in [-0.4, -0.2) is 19.6 Å². The molecule has 4 nitrogen and oxygen atoms in total. The minimum absolute atomic E-state index is 0.367. The maximum atomic E-state index is 11.5. The van der Waals surface area contributed by atoms with E-state index in [0.29, 0.717) is 10.8 Å². The van der Waals surface area contributed by atoms with Crippen molar-refractivity contribution in [2.75, 3.05) is 13.7 Å². The van der Waals surface area contributed by atoms with Gasteiger partial charge in [-0.25, -0.2) is 0 Å². The summed E-state index contributed by atoms with van der Waals surface area (Å²) in [7, 11) is 1.78. The molecular weight excluding hydrogens is 308 g/mol. The van der Waals surface area contributed by atoms with Gasteiger partial charge in [-0.2, -0.15) is 0 Å². The first-order chi connectivity index (χ1) is 11.1. The summed E-state index contributed by atoms with van der Waals surface area (Å²) in [6.07, 6.45) is 8.18. The summed E-state index contributed by atoms with van der Waals surface area (Å²) in [6.45, 7) is 3.29. The molecule has 3 N–H and O–H groups in total. The van der Waals surface area contributed by atoms with Crippen molar-refractivity contribution in [2.45, 2.75) is 44.6 Å². The second kappa shape index (κ2) is 6.65. The van der Waals surface area contributed by atoms with Crippen LogP contribution in [0.2, 0.25) is 0 Å². The SMILES string of the molecule is COC1(c2ccc(C(N)=O)s2)/C(=C/NCC2CC2)CCCC1C. The van der Waals surface area contributed by atoms with Crippen LogP contribution in [0.25, 0.3) is 0 Å². The van der Waals surface area contributed by atoms with Gasteiger partial charge in [0.1, 0.15) is 5.60 Å². The van der Waals surface area contributed by atoms with E-state index in [1.807, 2.05) is 12.1 Å². The smallest absolute Gasteiger partial charge is 0.258 e. The molecule has 0 aromatic carbocycles. The fourth-order valence-corrected chi connectivity index (χ4v) is 4.84. The Balaban J connectivity index is 1.92. The van der Waals surface area contributed by atoms with E-state index in [2.05, 4.69) is 18.4 Å². The molecule has 2 unspecified atom stereocenters. The first kappa shape index (κ1) is 16.5. The summed E-state index contributed by atoms with van der Waals surface area (Å²) in [4.78, 5) is 13.2. The van der Waals surface area contributed by atoms with Crippen molar-refractivity contribution in [3.05, 3.63) is 33.7 Å². The maximum Gasteiger partial charge on any atom is 0.258 e. The van der Waals surface area contributed by atoms with E-state index in [1.54, 1.807) is 7.11 Å². The Morgan fingerprint density at radius 3 is 2.87 bits per heavy atom. The normalized spacial score (nSPS) is 29.7. The molecule has 5 heteroatoms. The summed E-state index contributed by atoms with van der Waals surface area (Å²) < 4.78 is 6.11. The van der Waals surface area contributed by atoms with Crippen molar-refractivity contribution in [3.8, 4) is 0 Å². The van der Waals surface area contributed by atoms with E-state index in [1.165, 1.54) is 36.2 Å². The van der Waals surface area contributed by atoms with Crippen LogP contribution in [0.15, 0.2) is 23.9 Å². The summed E-state index contributed by atoms with van der Waals surface area (Å²) in [5, 5.41) is 3.50. The first-order valence-electron chi connectivity index (χ1n) is 8.46. The Labute approximate surface area is 142 Å². The number of nitrogens with two attached hydrogens (primary N) is 1. The zero-order valence-corrected chi connectivity index (χ0v) is 14.7. The van der Waals surface area contributed by atoms with Gasteiger partial charge in [0, 0.05) is 18.5 Å². The molecule has 1 aromatic rings. The second-order valence-corrected chi connectivity index (χ2v) is 7.87. The number of methoxy groups -OCH3 is 1. The van der Waals surface area contributed by atoms with Crippen LogP contribution in [-0.2, 0) is 10.3 Å². The Kier molecular flexibility index (Phi) is 4.78. The molecule has 2 saturated carbocycles. The number of amides is 1. The molecule has 2 atom stereocenters. The molecule has 0 radical (unpaired) electrons. The van der Waals surface area contributed by atoms with Crippen LogP contribution >= 0.6 is 11.3 Å². The molecule has 23 heavy (non-hydrogen) atoms. The van der Waals surface area contributed by atoms with E-state index in [4.69, 9.17) is 10.5 Å². The van der Waals surface area contributed by atoms with Gasteiger partial charge in [-0.15, -0.1) is 11.3 Å². The van der Waals surface area contributed by atoms with Gasteiger partial charge in [0.25, 0.3) is 5.91 Å². The molecule has 0 bridgehead atoms. The van der Waals surface area contributed by atoms with Gasteiger partial charge in [0.15, 0.2) is 0 Å². The van der Waals surface area contributed by atoms with Gasteiger partial charge in [0.05, 0.1) is 4.88 Å². The monoisotopic (exact) mass is 334 g/mol. The molecule has 3 rings (SSSR count). The zero-order chi connectivity index (χ0) is 16.4. The number of carbonyl (C=O) groups excluding carboxylic acids is 1. The number of hydrogen-bond acceptors (Lipinski definition) is 4. The average molecular weight is 334 g/mol. The Morgan fingerprint density at radius 1 is 1.48 bits per heavy atom. The number of nitrogens with one attached hydrogen (secondary N) is 1. The van der Waals surface area contributed by atoms with Crippen molar-refractivity contribution in [3.63, 3.8) is 0 Å². The number of hydrogen-bond donors (Lipinski definition) is 2. The minimum atomic E-state index is -0.437. The molecule has 1 amide bonds. The Bertz CT molecular complexity index is 606. The predicted molar refractivity (Wildman–Crippen MR) is 93.3 cm³/mol. The van der Waals surface area contributed by atoms with Crippen LogP contribution in [0.4, 0.5) is 0 Å². The fraction of sp³-hybridized carbons (Fsp3) is 0.611. The highest BCUT2D eigenvalue weighted by molar-refractivity contribution is 7.14. The average Bonchev–Trinajstić information content (AvgIpc) is 3.21. The minimum Gasteiger partial charge on any atom is -0.391 e. The maximum absolute atomic E-state index is 11.5. The number of ether oxygens (including phenoxy) is 1. The fourth-order valence-electron chi connectivity index (χ4n) is 3.66. The highest BCUT2D eigenvalue weighted by Crippen LogP contribution is 2.49. The molecular formula is C18H26N2O2S. The third-order valence-electron chi connectivity index (χ3n) is 5.17. The molecule has 0 saturated heterocycles. The topological polar surface area (TPSA) is 64.3 Å². The van der Waals surface area contributed by atoms with Gasteiger partial charge < -0.3 is 15.8 Å². The van der Waals surface area contributed by atoms with Crippen molar-refractivity contribution in [2.24, 2.45) is 17.6 Å². The highest BCUT2D eigenvalue weighted by atomic mass is 32.1. The lowest BCUT2D eigenvalue weighted by Crippen LogP contribution is -2.40. The van der Waals surface area contributed by atoms with Gasteiger partial charge in [0.2, 0.25) is 0 Å². The second-order valence-electron chi connectivity index (χ2n) is 6.78. The van der Waals surface area contributed by atoms with E-state index in [0.717, 1.165) is 30.2 Å². The molecule has 126 valence electrons. The Morgan fingerprint density at radius 2 is 2.26 bits per heavy atom. The van der Waals surface area contributed by atoms with E-state index in [-0.39, 0.29) is 5.91 Å². The predicted octanol–water partition coefficient (Wildman–Crippen LogP) is 3.39. The van der Waals surface area contributed by atoms with Crippen molar-refractivity contribution in [1.82, 2.24) is 5.32 Å².